The van der Waals surface area contributed by atoms with E-state index in [9.17, 15) is 0 Å². The Kier molecular flexibility index (Phi) is 9.09. The molecule has 1 N–H and O–H groups in total. The van der Waals surface area contributed by atoms with Gasteiger partial charge in [-0.15, -0.1) is 0 Å². The molecule has 0 saturated heterocycles. The van der Waals surface area contributed by atoms with Crippen LogP contribution in [0.4, 0.5) is 0 Å². The second-order valence-electron chi connectivity index (χ2n) is 16.9. The number of nitrogens with zero attached hydrogens (tertiary/aromatic N) is 2. The van der Waals surface area contributed by atoms with Crippen molar-refractivity contribution in [3.8, 4) is 39.4 Å². The van der Waals surface area contributed by atoms with E-state index in [0.717, 1.165) is 85.3 Å². The van der Waals surface area contributed by atoms with E-state index in [-0.39, 0.29) is 5.41 Å². The van der Waals surface area contributed by atoms with Crippen molar-refractivity contribution < 1.29 is 4.74 Å². The third kappa shape index (κ3) is 6.35. The van der Waals surface area contributed by atoms with Gasteiger partial charge in [-0.05, 0) is 89.2 Å². The normalized spacial score (nSPS) is 15.3. The van der Waals surface area contributed by atoms with E-state index in [4.69, 9.17) is 9.73 Å². The number of aliphatic imine (C=N–C) groups is 1. The number of ether oxygens (including phenoxy) is 1. The van der Waals surface area contributed by atoms with Crippen LogP contribution >= 0.6 is 0 Å². The maximum atomic E-state index is 7.35. The Hall–Kier alpha value is -7.69. The van der Waals surface area contributed by atoms with Gasteiger partial charge in [-0.25, -0.2) is 4.99 Å². The molecular weight excluding hydrogens is 755 g/mol. The molecule has 0 amide bonds. The summed E-state index contributed by atoms with van der Waals surface area (Å²) in [4.78, 5) is 5.45. The molecule has 0 atom stereocenters. The van der Waals surface area contributed by atoms with Crippen LogP contribution in [-0.4, -0.2) is 10.4 Å². The molecule has 0 radical (unpaired) electrons. The monoisotopic (exact) mass is 799 g/mol. The van der Waals surface area contributed by atoms with Crippen molar-refractivity contribution in [2.75, 3.05) is 0 Å². The van der Waals surface area contributed by atoms with Crippen LogP contribution in [0.2, 0.25) is 0 Å². The lowest BCUT2D eigenvalue weighted by Gasteiger charge is -2.36. The molecule has 3 heterocycles. The summed E-state index contributed by atoms with van der Waals surface area (Å²) in [6.45, 7) is 6.83. The molecule has 0 bridgehead atoms. The highest BCUT2D eigenvalue weighted by atomic mass is 16.5. The van der Waals surface area contributed by atoms with E-state index in [1.165, 1.54) is 33.0 Å². The maximum Gasteiger partial charge on any atom is 0.142 e. The Balaban J connectivity index is 1.08. The van der Waals surface area contributed by atoms with Crippen molar-refractivity contribution in [2.45, 2.75) is 32.6 Å². The van der Waals surface area contributed by atoms with Crippen molar-refractivity contribution in [1.82, 2.24) is 9.88 Å². The molecule has 0 saturated carbocycles. The predicted octanol–water partition coefficient (Wildman–Crippen LogP) is 14.8. The molecule has 0 unspecified atom stereocenters. The molecule has 62 heavy (non-hydrogen) atoms. The number of allylic oxidation sites excluding steroid dienone is 2. The topological polar surface area (TPSA) is 38.5 Å². The first-order valence-electron chi connectivity index (χ1n) is 21.4. The SMILES string of the molecule is CC1=C(c2ccccc2)NC(c2cccc3c2Oc2c(-c4ccc5c(c4)c4cc(-c6ccccc6)ccc4n5-c4ccccc4)cccc2C3(C)C)=N/C(c2ccccc2)=C/C1. The lowest BCUT2D eigenvalue weighted by Crippen LogP contribution is -2.29. The van der Waals surface area contributed by atoms with Crippen LogP contribution in [0.25, 0.3) is 61.1 Å². The van der Waals surface area contributed by atoms with Gasteiger partial charge >= 0.3 is 0 Å². The zero-order valence-corrected chi connectivity index (χ0v) is 35.1. The molecule has 4 nitrogen and oxygen atoms in total. The summed E-state index contributed by atoms with van der Waals surface area (Å²) in [5.41, 5.74) is 16.2. The Bertz CT molecular complexity index is 3270. The number of rotatable bonds is 6. The molecule has 8 aromatic carbocycles. The van der Waals surface area contributed by atoms with Gasteiger partial charge in [0.15, 0.2) is 0 Å². The van der Waals surface area contributed by atoms with Gasteiger partial charge < -0.3 is 14.6 Å². The van der Waals surface area contributed by atoms with Crippen molar-refractivity contribution >= 4 is 39.0 Å². The zero-order chi connectivity index (χ0) is 41.8. The van der Waals surface area contributed by atoms with E-state index < -0.39 is 0 Å². The largest absolute Gasteiger partial charge is 0.455 e. The number of benzene rings is 8. The van der Waals surface area contributed by atoms with Gasteiger partial charge in [-0.1, -0.05) is 172 Å². The summed E-state index contributed by atoms with van der Waals surface area (Å²) < 4.78 is 9.73. The maximum absolute atomic E-state index is 7.35. The summed E-state index contributed by atoms with van der Waals surface area (Å²) in [6.07, 6.45) is 3.02. The number of nitrogens with one attached hydrogen (secondary N) is 1. The summed E-state index contributed by atoms with van der Waals surface area (Å²) >= 11 is 0. The Morgan fingerprint density at radius 2 is 1.05 bits per heavy atom. The second kappa shape index (κ2) is 15.1. The lowest BCUT2D eigenvalue weighted by atomic mass is 9.74. The molecule has 4 heteroatoms. The van der Waals surface area contributed by atoms with E-state index in [1.807, 2.05) is 6.07 Å². The Labute approximate surface area is 362 Å². The van der Waals surface area contributed by atoms with Gasteiger partial charge in [-0.2, -0.15) is 0 Å². The van der Waals surface area contributed by atoms with Crippen LogP contribution in [0.15, 0.2) is 211 Å². The molecule has 0 spiro atoms. The van der Waals surface area contributed by atoms with Crippen LogP contribution in [0, 0.1) is 0 Å². The summed E-state index contributed by atoms with van der Waals surface area (Å²) in [5, 5.41) is 6.26. The van der Waals surface area contributed by atoms with Crippen LogP contribution in [0.5, 0.6) is 11.5 Å². The Morgan fingerprint density at radius 3 is 1.69 bits per heavy atom. The third-order valence-electron chi connectivity index (χ3n) is 12.7. The van der Waals surface area contributed by atoms with E-state index in [2.05, 4.69) is 225 Å². The average Bonchev–Trinajstić information content (AvgIpc) is 3.64. The summed E-state index contributed by atoms with van der Waals surface area (Å²) in [7, 11) is 0. The number of fused-ring (bicyclic) bond motifs is 5. The first kappa shape index (κ1) is 37.3. The minimum absolute atomic E-state index is 0.374. The minimum atomic E-state index is -0.374. The van der Waals surface area contributed by atoms with E-state index in [0.29, 0.717) is 0 Å². The molecule has 2 aliphatic rings. The van der Waals surface area contributed by atoms with E-state index >= 15 is 0 Å². The quantitative estimate of drug-likeness (QED) is 0.182. The predicted molar refractivity (Wildman–Crippen MR) is 258 cm³/mol. The molecular formula is C58H45N3O. The van der Waals surface area contributed by atoms with Crippen molar-refractivity contribution in [1.29, 1.82) is 0 Å². The third-order valence-corrected chi connectivity index (χ3v) is 12.7. The number of amidine groups is 1. The summed E-state index contributed by atoms with van der Waals surface area (Å²) in [6, 6.07) is 69.2. The first-order chi connectivity index (χ1) is 30.4. The fraction of sp³-hybridized carbons (Fsp3) is 0.0862. The van der Waals surface area contributed by atoms with Gasteiger partial charge in [0.2, 0.25) is 0 Å². The number of hydrogen-bond acceptors (Lipinski definition) is 3. The molecule has 0 fully saturated rings. The highest BCUT2D eigenvalue weighted by Crippen LogP contribution is 2.53. The van der Waals surface area contributed by atoms with Crippen LogP contribution in [0.1, 0.15) is 55.0 Å². The highest BCUT2D eigenvalue weighted by Gasteiger charge is 2.38. The zero-order valence-electron chi connectivity index (χ0n) is 35.1. The van der Waals surface area contributed by atoms with Gasteiger partial charge in [0, 0.05) is 44.3 Å². The number of para-hydroxylation sites is 3. The smallest absolute Gasteiger partial charge is 0.142 e. The molecule has 9 aromatic rings. The first-order valence-corrected chi connectivity index (χ1v) is 21.4. The number of hydrogen-bond donors (Lipinski definition) is 1. The van der Waals surface area contributed by atoms with Crippen molar-refractivity contribution in [3.63, 3.8) is 0 Å². The number of aromatic nitrogens is 1. The lowest BCUT2D eigenvalue weighted by molar-refractivity contribution is 0.418. The standard InChI is InChI=1S/C58H45N3O/c1-38-30-33-51(40-20-10-5-11-21-40)59-57(60-54(38)41-22-12-6-13-23-41)46-27-17-29-50-56(46)62-55-45(26-16-28-49(55)58(50,2)3)43-32-35-53-48(37-43)47-36-42(39-18-8-4-9-19-39)31-34-52(47)61(53)44-24-14-7-15-25-44/h4-29,31-37H,30H2,1-3H3,(H,59,60)/b51-33+,54-38?. The molecule has 298 valence electrons. The van der Waals surface area contributed by atoms with Crippen molar-refractivity contribution in [2.24, 2.45) is 4.99 Å². The fourth-order valence-corrected chi connectivity index (χ4v) is 9.41. The van der Waals surface area contributed by atoms with Crippen LogP contribution in [0.3, 0.4) is 0 Å². The second-order valence-corrected chi connectivity index (χ2v) is 16.9. The molecule has 2 aliphatic heterocycles. The van der Waals surface area contributed by atoms with Gasteiger partial charge in [-0.3, -0.25) is 0 Å². The van der Waals surface area contributed by atoms with Crippen LogP contribution < -0.4 is 10.1 Å². The molecule has 1 aromatic heterocycles. The van der Waals surface area contributed by atoms with E-state index in [1.54, 1.807) is 0 Å². The summed E-state index contributed by atoms with van der Waals surface area (Å²) in [5.74, 6) is 2.43. The molecule has 11 rings (SSSR count). The Morgan fingerprint density at radius 1 is 0.516 bits per heavy atom. The fourth-order valence-electron chi connectivity index (χ4n) is 9.41. The van der Waals surface area contributed by atoms with Gasteiger partial charge in [0.1, 0.15) is 17.3 Å². The van der Waals surface area contributed by atoms with Gasteiger partial charge in [0.05, 0.1) is 22.3 Å². The highest BCUT2D eigenvalue weighted by molar-refractivity contribution is 6.12. The van der Waals surface area contributed by atoms with Crippen LogP contribution in [-0.2, 0) is 5.41 Å². The van der Waals surface area contributed by atoms with Gasteiger partial charge in [0.25, 0.3) is 0 Å². The van der Waals surface area contributed by atoms with Crippen molar-refractivity contribution in [3.05, 3.63) is 234 Å². The average molecular weight is 800 g/mol. The minimum Gasteiger partial charge on any atom is -0.455 e. The molecule has 0 aliphatic carbocycles.